The molecule has 0 aromatic rings. The zero-order chi connectivity index (χ0) is 9.07. The van der Waals surface area contributed by atoms with Crippen molar-refractivity contribution in [3.05, 3.63) is 0 Å². The summed E-state index contributed by atoms with van der Waals surface area (Å²) in [6.07, 6.45) is 0.585. The van der Waals surface area contributed by atoms with Crippen LogP contribution < -0.4 is 0 Å². The molecule has 0 amide bonds. The molecule has 0 aromatic heterocycles. The minimum Gasteiger partial charge on any atom is -0.481 e. The molecule has 0 aliphatic rings. The molecular formula is C8H15FO2. The summed E-state index contributed by atoms with van der Waals surface area (Å²) < 4.78 is 12.9. The van der Waals surface area contributed by atoms with Gasteiger partial charge in [0.1, 0.15) is 5.67 Å². The van der Waals surface area contributed by atoms with Gasteiger partial charge in [-0.15, -0.1) is 0 Å². The quantitative estimate of drug-likeness (QED) is 0.688. The Morgan fingerprint density at radius 2 is 2.09 bits per heavy atom. The average molecular weight is 162 g/mol. The number of aliphatic carboxylic acids is 1. The maximum absolute atomic E-state index is 12.9. The SMILES string of the molecule is CCC(CC(C)(C)F)C(=O)O. The van der Waals surface area contributed by atoms with E-state index in [0.29, 0.717) is 6.42 Å². The molecule has 0 fully saturated rings. The van der Waals surface area contributed by atoms with E-state index in [1.807, 2.05) is 0 Å². The van der Waals surface area contributed by atoms with Crippen molar-refractivity contribution in [2.75, 3.05) is 0 Å². The van der Waals surface area contributed by atoms with Crippen LogP contribution in [0.2, 0.25) is 0 Å². The minimum absolute atomic E-state index is 0.0961. The molecule has 2 nitrogen and oxygen atoms in total. The van der Waals surface area contributed by atoms with Crippen molar-refractivity contribution in [1.29, 1.82) is 0 Å². The van der Waals surface area contributed by atoms with Gasteiger partial charge in [-0.1, -0.05) is 6.92 Å². The van der Waals surface area contributed by atoms with Gasteiger partial charge in [0.05, 0.1) is 5.92 Å². The molecule has 66 valence electrons. The molecule has 11 heavy (non-hydrogen) atoms. The Kier molecular flexibility index (Phi) is 3.49. The van der Waals surface area contributed by atoms with Gasteiger partial charge in [-0.25, -0.2) is 4.39 Å². The number of alkyl halides is 1. The molecule has 0 bridgehead atoms. The zero-order valence-electron chi connectivity index (χ0n) is 7.22. The Morgan fingerprint density at radius 3 is 2.18 bits per heavy atom. The summed E-state index contributed by atoms with van der Waals surface area (Å²) in [5, 5.41) is 8.57. The van der Waals surface area contributed by atoms with E-state index < -0.39 is 17.6 Å². The third-order valence-corrected chi connectivity index (χ3v) is 1.57. The Labute approximate surface area is 66.4 Å². The van der Waals surface area contributed by atoms with Crippen molar-refractivity contribution < 1.29 is 14.3 Å². The van der Waals surface area contributed by atoms with E-state index in [4.69, 9.17) is 5.11 Å². The van der Waals surface area contributed by atoms with Crippen molar-refractivity contribution in [3.63, 3.8) is 0 Å². The summed E-state index contributed by atoms with van der Waals surface area (Å²) >= 11 is 0. The van der Waals surface area contributed by atoms with Gasteiger partial charge in [-0.2, -0.15) is 0 Å². The summed E-state index contributed by atoms with van der Waals surface area (Å²) in [5.74, 6) is -1.45. The van der Waals surface area contributed by atoms with Gasteiger partial charge < -0.3 is 5.11 Å². The number of carboxylic acid groups (broad SMARTS) is 1. The lowest BCUT2D eigenvalue weighted by atomic mass is 9.93. The van der Waals surface area contributed by atoms with Crippen molar-refractivity contribution in [2.24, 2.45) is 5.92 Å². The fourth-order valence-electron chi connectivity index (χ4n) is 0.992. The lowest BCUT2D eigenvalue weighted by Crippen LogP contribution is -2.23. The minimum atomic E-state index is -1.38. The first kappa shape index (κ1) is 10.4. The fourth-order valence-corrected chi connectivity index (χ4v) is 0.992. The van der Waals surface area contributed by atoms with Crippen molar-refractivity contribution in [2.45, 2.75) is 39.3 Å². The van der Waals surface area contributed by atoms with Crippen molar-refractivity contribution in [3.8, 4) is 0 Å². The van der Waals surface area contributed by atoms with Gasteiger partial charge >= 0.3 is 5.97 Å². The fraction of sp³-hybridized carbons (Fsp3) is 0.875. The second kappa shape index (κ2) is 3.69. The lowest BCUT2D eigenvalue weighted by molar-refractivity contribution is -0.143. The van der Waals surface area contributed by atoms with Crippen LogP contribution in [-0.2, 0) is 4.79 Å². The highest BCUT2D eigenvalue weighted by Crippen LogP contribution is 2.22. The van der Waals surface area contributed by atoms with Gasteiger partial charge in [0.25, 0.3) is 0 Å². The molecule has 1 N–H and O–H groups in total. The normalized spacial score (nSPS) is 14.5. The molecule has 0 aliphatic carbocycles. The highest BCUT2D eigenvalue weighted by molar-refractivity contribution is 5.69. The van der Waals surface area contributed by atoms with Crippen LogP contribution in [-0.4, -0.2) is 16.7 Å². The van der Waals surface area contributed by atoms with E-state index in [0.717, 1.165) is 0 Å². The Bertz CT molecular complexity index is 138. The summed E-state index contributed by atoms with van der Waals surface area (Å²) in [5.41, 5.74) is -1.38. The topological polar surface area (TPSA) is 37.3 Å². The number of rotatable bonds is 4. The summed E-state index contributed by atoms with van der Waals surface area (Å²) in [4.78, 5) is 10.4. The molecule has 1 atom stereocenters. The lowest BCUT2D eigenvalue weighted by Gasteiger charge is -2.18. The van der Waals surface area contributed by atoms with Crippen LogP contribution in [0.25, 0.3) is 0 Å². The Hall–Kier alpha value is -0.600. The number of halogens is 1. The predicted molar refractivity (Wildman–Crippen MR) is 41.2 cm³/mol. The molecule has 0 aromatic carbocycles. The molecule has 3 heteroatoms. The first-order chi connectivity index (χ1) is 4.87. The molecule has 1 unspecified atom stereocenters. The van der Waals surface area contributed by atoms with Gasteiger partial charge in [0, 0.05) is 0 Å². The van der Waals surface area contributed by atoms with E-state index in [2.05, 4.69) is 0 Å². The van der Waals surface area contributed by atoms with Crippen LogP contribution >= 0.6 is 0 Å². The third-order valence-electron chi connectivity index (χ3n) is 1.57. The standard InChI is InChI=1S/C8H15FO2/c1-4-6(7(10)11)5-8(2,3)9/h6H,4-5H2,1-3H3,(H,10,11). The number of hydrogen-bond donors (Lipinski definition) is 1. The van der Waals surface area contributed by atoms with Crippen LogP contribution in [0.4, 0.5) is 4.39 Å². The smallest absolute Gasteiger partial charge is 0.306 e. The van der Waals surface area contributed by atoms with Crippen molar-refractivity contribution in [1.82, 2.24) is 0 Å². The molecule has 0 rings (SSSR count). The van der Waals surface area contributed by atoms with Crippen LogP contribution in [0, 0.1) is 5.92 Å². The molecule has 0 radical (unpaired) electrons. The first-order valence-electron chi connectivity index (χ1n) is 3.78. The molecule has 0 saturated carbocycles. The van der Waals surface area contributed by atoms with E-state index in [1.165, 1.54) is 13.8 Å². The highest BCUT2D eigenvalue weighted by atomic mass is 19.1. The van der Waals surface area contributed by atoms with E-state index in [-0.39, 0.29) is 6.42 Å². The largest absolute Gasteiger partial charge is 0.481 e. The number of carboxylic acids is 1. The van der Waals surface area contributed by atoms with E-state index in [1.54, 1.807) is 6.92 Å². The molecule has 0 aliphatic heterocycles. The van der Waals surface area contributed by atoms with Gasteiger partial charge in [0.2, 0.25) is 0 Å². The molecule has 0 spiro atoms. The van der Waals surface area contributed by atoms with Crippen LogP contribution in [0.15, 0.2) is 0 Å². The van der Waals surface area contributed by atoms with Gasteiger partial charge in [-0.3, -0.25) is 4.79 Å². The molecular weight excluding hydrogens is 147 g/mol. The van der Waals surface area contributed by atoms with Crippen LogP contribution in [0.1, 0.15) is 33.6 Å². The molecule has 0 heterocycles. The molecule has 0 saturated heterocycles. The summed E-state index contributed by atoms with van der Waals surface area (Å²) in [6.45, 7) is 4.56. The summed E-state index contributed by atoms with van der Waals surface area (Å²) in [6, 6.07) is 0. The van der Waals surface area contributed by atoms with Crippen LogP contribution in [0.3, 0.4) is 0 Å². The van der Waals surface area contributed by atoms with Crippen molar-refractivity contribution >= 4 is 5.97 Å². The summed E-state index contributed by atoms with van der Waals surface area (Å²) in [7, 11) is 0. The maximum atomic E-state index is 12.9. The monoisotopic (exact) mass is 162 g/mol. The second-order valence-electron chi connectivity index (χ2n) is 3.37. The van der Waals surface area contributed by atoms with E-state index in [9.17, 15) is 9.18 Å². The zero-order valence-corrected chi connectivity index (χ0v) is 7.22. The maximum Gasteiger partial charge on any atom is 0.306 e. The van der Waals surface area contributed by atoms with Gasteiger partial charge in [-0.05, 0) is 26.7 Å². The predicted octanol–water partition coefficient (Wildman–Crippen LogP) is 2.24. The second-order valence-corrected chi connectivity index (χ2v) is 3.37. The average Bonchev–Trinajstić information content (AvgIpc) is 1.80. The number of hydrogen-bond acceptors (Lipinski definition) is 1. The van der Waals surface area contributed by atoms with Gasteiger partial charge in [0.15, 0.2) is 0 Å². The number of carbonyl (C=O) groups is 1. The van der Waals surface area contributed by atoms with Crippen LogP contribution in [0.5, 0.6) is 0 Å². The Balaban J connectivity index is 3.99. The third kappa shape index (κ3) is 4.76. The first-order valence-corrected chi connectivity index (χ1v) is 3.78. The van der Waals surface area contributed by atoms with E-state index >= 15 is 0 Å². The highest BCUT2D eigenvalue weighted by Gasteiger charge is 2.25. The Morgan fingerprint density at radius 1 is 1.64 bits per heavy atom.